The Morgan fingerprint density at radius 3 is 2.70 bits per heavy atom. The number of carbonyl (C=O) groups is 1. The first kappa shape index (κ1) is 11.1. The van der Waals surface area contributed by atoms with Crippen LogP contribution in [0.2, 0.25) is 0 Å². The van der Waals surface area contributed by atoms with Gasteiger partial charge in [0, 0.05) is 5.75 Å². The van der Waals surface area contributed by atoms with Gasteiger partial charge in [0.2, 0.25) is 0 Å². The van der Waals surface area contributed by atoms with Crippen molar-refractivity contribution in [2.24, 2.45) is 5.92 Å². The van der Waals surface area contributed by atoms with Crippen molar-refractivity contribution in [2.45, 2.75) is 0 Å². The second kappa shape index (κ2) is 6.80. The van der Waals surface area contributed by atoms with E-state index < -0.39 is 0 Å². The summed E-state index contributed by atoms with van der Waals surface area (Å²) < 4.78 is 4.78. The Kier molecular flexibility index (Phi) is 7.55. The average Bonchev–Trinajstić information content (AvgIpc) is 1.91. The molecule has 10 heavy (non-hydrogen) atoms. The summed E-state index contributed by atoms with van der Waals surface area (Å²) >= 11 is 4.01. The first-order chi connectivity index (χ1) is 4.76. The molecule has 0 fully saturated rings. The molecule has 0 bridgehead atoms. The maximum Gasteiger partial charge on any atom is 0.312 e. The van der Waals surface area contributed by atoms with Gasteiger partial charge in [-0.3, -0.25) is 4.79 Å². The summed E-state index contributed by atoms with van der Waals surface area (Å²) in [5.41, 5.74) is 0. The van der Waals surface area contributed by atoms with E-state index >= 15 is 0 Å². The van der Waals surface area contributed by atoms with Crippen LogP contribution >= 0.6 is 39.3 Å². The van der Waals surface area contributed by atoms with Crippen LogP contribution in [0.4, 0.5) is 0 Å². The molecule has 0 saturated carbocycles. The van der Waals surface area contributed by atoms with Gasteiger partial charge in [-0.05, 0) is 6.16 Å². The molecule has 0 aliphatic rings. The van der Waals surface area contributed by atoms with E-state index in [4.69, 9.17) is 4.52 Å². The van der Waals surface area contributed by atoms with E-state index in [1.807, 2.05) is 0 Å². The van der Waals surface area contributed by atoms with Gasteiger partial charge in [0.25, 0.3) is 0 Å². The van der Waals surface area contributed by atoms with Gasteiger partial charge in [0.15, 0.2) is 0 Å². The second-order valence-electron chi connectivity index (χ2n) is 1.65. The van der Waals surface area contributed by atoms with Crippen molar-refractivity contribution in [2.75, 3.05) is 11.9 Å². The molecule has 0 radical (unpaired) electrons. The molecule has 0 heterocycles. The minimum atomic E-state index is -0.154. The van der Waals surface area contributed by atoms with Gasteiger partial charge < -0.3 is 4.52 Å². The van der Waals surface area contributed by atoms with Crippen molar-refractivity contribution >= 4 is 45.3 Å². The summed E-state index contributed by atoms with van der Waals surface area (Å²) in [4.78, 5) is 10.9. The van der Waals surface area contributed by atoms with Crippen LogP contribution in [0.3, 0.4) is 0 Å². The van der Waals surface area contributed by atoms with Gasteiger partial charge in [-0.2, -0.15) is 12.6 Å². The Labute approximate surface area is 72.8 Å². The molecule has 0 amide bonds. The molecule has 6 heteroatoms. The van der Waals surface area contributed by atoms with Crippen molar-refractivity contribution in [3.05, 3.63) is 0 Å². The first-order valence-electron chi connectivity index (χ1n) is 2.73. The fraction of sp³-hybridized carbons (Fsp3) is 0.750. The Hall–Kier alpha value is 1.11. The fourth-order valence-electron chi connectivity index (χ4n) is 0.387. The van der Waals surface area contributed by atoms with E-state index in [-0.39, 0.29) is 20.4 Å². The van der Waals surface area contributed by atoms with E-state index in [1.54, 1.807) is 0 Å². The lowest BCUT2D eigenvalue weighted by atomic mass is 10.2. The van der Waals surface area contributed by atoms with Crippen LogP contribution in [0.15, 0.2) is 0 Å². The zero-order valence-electron chi connectivity index (χ0n) is 5.41. The van der Waals surface area contributed by atoms with Crippen LogP contribution in [0.5, 0.6) is 0 Å². The number of carbonyl (C=O) groups excluding carboxylic acids is 1. The Balaban J connectivity index is 3.65. The van der Waals surface area contributed by atoms with Crippen LogP contribution in [0.25, 0.3) is 0 Å². The van der Waals surface area contributed by atoms with Gasteiger partial charge >= 0.3 is 5.97 Å². The summed E-state index contributed by atoms with van der Waals surface area (Å²) in [6.07, 6.45) is 0.720. The molecule has 0 N–H and O–H groups in total. The van der Waals surface area contributed by atoms with Gasteiger partial charge in [0.1, 0.15) is 0 Å². The Morgan fingerprint density at radius 2 is 2.40 bits per heavy atom. The molecule has 0 saturated heterocycles. The molecule has 2 nitrogen and oxygen atoms in total. The first-order valence-corrected chi connectivity index (χ1v) is 6.90. The zero-order chi connectivity index (χ0) is 7.98. The number of thiol groups is 1. The molecule has 4 unspecified atom stereocenters. The molecule has 0 aromatic heterocycles. The summed E-state index contributed by atoms with van der Waals surface area (Å²) in [6.45, 7) is 0. The lowest BCUT2D eigenvalue weighted by molar-refractivity contribution is -0.136. The van der Waals surface area contributed by atoms with Gasteiger partial charge in [-0.1, -0.05) is 8.93 Å². The van der Waals surface area contributed by atoms with Crippen molar-refractivity contribution in [1.82, 2.24) is 0 Å². The lowest BCUT2D eigenvalue weighted by Gasteiger charge is -2.08. The molecule has 4 atom stereocenters. The topological polar surface area (TPSA) is 26.3 Å². The van der Waals surface area contributed by atoms with Crippen LogP contribution in [-0.4, -0.2) is 17.9 Å². The van der Waals surface area contributed by atoms with Crippen LogP contribution in [-0.2, 0) is 9.32 Å². The molecule has 0 aromatic carbocycles. The van der Waals surface area contributed by atoms with Crippen molar-refractivity contribution < 1.29 is 9.32 Å². The maximum atomic E-state index is 10.9. The molecule has 0 aromatic rings. The van der Waals surface area contributed by atoms with Crippen LogP contribution in [0, 0.1) is 5.92 Å². The SMILES string of the molecule is O=C(OPP)C(CP)CS. The minimum Gasteiger partial charge on any atom is -0.444 e. The fourth-order valence-corrected chi connectivity index (χ4v) is 1.96. The quantitative estimate of drug-likeness (QED) is 0.566. The van der Waals surface area contributed by atoms with E-state index in [0.717, 1.165) is 6.16 Å². The Morgan fingerprint density at radius 1 is 1.80 bits per heavy atom. The highest BCUT2D eigenvalue weighted by Gasteiger charge is 2.14. The largest absolute Gasteiger partial charge is 0.444 e. The van der Waals surface area contributed by atoms with Gasteiger partial charge in [0.05, 0.1) is 14.4 Å². The van der Waals surface area contributed by atoms with Crippen molar-refractivity contribution in [3.8, 4) is 0 Å². The monoisotopic (exact) mass is 216 g/mol. The highest BCUT2D eigenvalue weighted by Crippen LogP contribution is 2.23. The molecule has 0 rings (SSSR count). The van der Waals surface area contributed by atoms with Crippen molar-refractivity contribution in [1.29, 1.82) is 0 Å². The predicted molar refractivity (Wildman–Crippen MR) is 56.0 cm³/mol. The van der Waals surface area contributed by atoms with Crippen molar-refractivity contribution in [3.63, 3.8) is 0 Å². The summed E-state index contributed by atoms with van der Waals surface area (Å²) in [7, 11) is 5.03. The third-order valence-corrected chi connectivity index (χ3v) is 2.68. The summed E-state index contributed by atoms with van der Waals surface area (Å²) in [6, 6.07) is 0. The number of hydrogen-bond donors (Lipinski definition) is 1. The van der Waals surface area contributed by atoms with Crippen LogP contribution < -0.4 is 0 Å². The third-order valence-electron chi connectivity index (χ3n) is 0.998. The molecular formula is C4H11O2P3S. The molecular weight excluding hydrogens is 205 g/mol. The highest BCUT2D eigenvalue weighted by molar-refractivity contribution is 8.00. The lowest BCUT2D eigenvalue weighted by Crippen LogP contribution is -2.17. The third kappa shape index (κ3) is 4.09. The molecule has 0 spiro atoms. The van der Waals surface area contributed by atoms with Gasteiger partial charge in [-0.25, -0.2) is 0 Å². The normalized spacial score (nSPS) is 13.9. The number of hydrogen-bond acceptors (Lipinski definition) is 3. The Bertz CT molecular complexity index is 107. The summed E-state index contributed by atoms with van der Waals surface area (Å²) in [5.74, 6) is 0.331. The smallest absolute Gasteiger partial charge is 0.312 e. The van der Waals surface area contributed by atoms with Gasteiger partial charge in [-0.15, -0.1) is 9.24 Å². The van der Waals surface area contributed by atoms with E-state index in [2.05, 4.69) is 30.8 Å². The van der Waals surface area contributed by atoms with E-state index in [0.29, 0.717) is 5.75 Å². The second-order valence-corrected chi connectivity index (χ2v) is 3.64. The van der Waals surface area contributed by atoms with E-state index in [9.17, 15) is 4.79 Å². The number of rotatable bonds is 4. The molecule has 0 aliphatic carbocycles. The standard InChI is InChI=1S/C4H11O2P3S/c5-4(6-9-8)3(1-7)2-10/h3,9-10H,1-2,7-8H2. The van der Waals surface area contributed by atoms with E-state index in [1.165, 1.54) is 0 Å². The van der Waals surface area contributed by atoms with Crippen LogP contribution in [0.1, 0.15) is 0 Å². The molecule has 0 aliphatic heterocycles. The summed E-state index contributed by atoms with van der Waals surface area (Å²) in [5, 5.41) is 0. The molecule has 60 valence electrons. The maximum absolute atomic E-state index is 10.9. The minimum absolute atomic E-state index is 0.0682. The predicted octanol–water partition coefficient (Wildman–Crippen LogP) is 1.33. The average molecular weight is 216 g/mol. The zero-order valence-corrected chi connectivity index (χ0v) is 9.61. The highest BCUT2D eigenvalue weighted by atomic mass is 32.1.